The summed E-state index contributed by atoms with van der Waals surface area (Å²) in [4.78, 5) is 0. The summed E-state index contributed by atoms with van der Waals surface area (Å²) in [7, 11) is 0. The van der Waals surface area contributed by atoms with E-state index in [-0.39, 0.29) is 0 Å². The predicted molar refractivity (Wildman–Crippen MR) is 60.2 cm³/mol. The summed E-state index contributed by atoms with van der Waals surface area (Å²) in [5.41, 5.74) is 0. The van der Waals surface area contributed by atoms with Crippen molar-refractivity contribution in [3.63, 3.8) is 0 Å². The van der Waals surface area contributed by atoms with Gasteiger partial charge in [0.2, 0.25) is 0 Å². The summed E-state index contributed by atoms with van der Waals surface area (Å²) in [6, 6.07) is 10.8. The van der Waals surface area contributed by atoms with E-state index in [9.17, 15) is 0 Å². The molecule has 14 heavy (non-hydrogen) atoms. The van der Waals surface area contributed by atoms with Gasteiger partial charge in [0, 0.05) is 0 Å². The Morgan fingerprint density at radius 3 is 2.79 bits per heavy atom. The molecule has 1 fully saturated rings. The van der Waals surface area contributed by atoms with E-state index in [0.717, 1.165) is 6.61 Å². The molecule has 1 heterocycles. The molecule has 0 aliphatic carbocycles. The monoisotopic (exact) mass is 256 g/mol. The van der Waals surface area contributed by atoms with Crippen LogP contribution in [0.15, 0.2) is 30.3 Å². The molecule has 1 atom stereocenters. The standard InChI is InChI=1S/C12H16OSe/c1-2-7-12(8-3-1)14-10-11-6-4-5-9-13-11/h1-3,7-8,11H,4-6,9-10H2. The van der Waals surface area contributed by atoms with Crippen LogP contribution < -0.4 is 4.46 Å². The van der Waals surface area contributed by atoms with Crippen molar-refractivity contribution >= 4 is 19.4 Å². The van der Waals surface area contributed by atoms with Gasteiger partial charge < -0.3 is 0 Å². The molecule has 1 saturated heterocycles. The first-order chi connectivity index (χ1) is 6.95. The second-order valence-electron chi connectivity index (χ2n) is 3.61. The number of hydrogen-bond donors (Lipinski definition) is 0. The van der Waals surface area contributed by atoms with Crippen LogP contribution in [0.4, 0.5) is 0 Å². The maximum absolute atomic E-state index is 5.72. The molecule has 1 aliphatic heterocycles. The fourth-order valence-electron chi connectivity index (χ4n) is 1.64. The average molecular weight is 255 g/mol. The van der Waals surface area contributed by atoms with Gasteiger partial charge in [-0.05, 0) is 0 Å². The topological polar surface area (TPSA) is 9.23 Å². The van der Waals surface area contributed by atoms with Crippen molar-refractivity contribution in [3.05, 3.63) is 30.3 Å². The van der Waals surface area contributed by atoms with Gasteiger partial charge in [0.05, 0.1) is 0 Å². The van der Waals surface area contributed by atoms with Crippen molar-refractivity contribution in [3.8, 4) is 0 Å². The van der Waals surface area contributed by atoms with Crippen LogP contribution in [-0.4, -0.2) is 27.7 Å². The molecule has 2 rings (SSSR count). The Labute approximate surface area is 92.0 Å². The zero-order valence-corrected chi connectivity index (χ0v) is 10.0. The molecular weight excluding hydrogens is 239 g/mol. The number of ether oxygens (including phenoxy) is 1. The minimum absolute atomic E-state index is 0.545. The van der Waals surface area contributed by atoms with Crippen molar-refractivity contribution < 1.29 is 4.74 Å². The van der Waals surface area contributed by atoms with E-state index in [1.165, 1.54) is 29.0 Å². The van der Waals surface area contributed by atoms with Crippen LogP contribution in [0.1, 0.15) is 19.3 Å². The molecule has 1 aliphatic rings. The van der Waals surface area contributed by atoms with Crippen LogP contribution in [-0.2, 0) is 4.74 Å². The SMILES string of the molecule is c1ccc([Se]CC2CCCCO2)cc1. The van der Waals surface area contributed by atoms with Gasteiger partial charge in [0.1, 0.15) is 0 Å². The quantitative estimate of drug-likeness (QED) is 0.751. The van der Waals surface area contributed by atoms with Gasteiger partial charge in [-0.15, -0.1) is 0 Å². The van der Waals surface area contributed by atoms with E-state index < -0.39 is 0 Å². The number of hydrogen-bond acceptors (Lipinski definition) is 1. The molecule has 0 radical (unpaired) electrons. The summed E-state index contributed by atoms with van der Waals surface area (Å²) in [6.07, 6.45) is 4.43. The Hall–Kier alpha value is -0.301. The van der Waals surface area contributed by atoms with Crippen LogP contribution in [0.25, 0.3) is 0 Å². The fourth-order valence-corrected chi connectivity index (χ4v) is 3.72. The third-order valence-electron chi connectivity index (χ3n) is 2.45. The van der Waals surface area contributed by atoms with E-state index in [1.54, 1.807) is 0 Å². The zero-order valence-electron chi connectivity index (χ0n) is 8.32. The number of rotatable bonds is 3. The Kier molecular flexibility index (Phi) is 4.05. The molecule has 0 spiro atoms. The molecule has 1 aromatic rings. The van der Waals surface area contributed by atoms with Gasteiger partial charge in [0.25, 0.3) is 0 Å². The van der Waals surface area contributed by atoms with Crippen LogP contribution in [0.5, 0.6) is 0 Å². The van der Waals surface area contributed by atoms with E-state index in [1.807, 2.05) is 0 Å². The predicted octanol–water partition coefficient (Wildman–Crippen LogP) is 2.00. The van der Waals surface area contributed by atoms with Gasteiger partial charge >= 0.3 is 91.8 Å². The maximum atomic E-state index is 5.72. The normalized spacial score (nSPS) is 22.1. The fraction of sp³-hybridized carbons (Fsp3) is 0.500. The van der Waals surface area contributed by atoms with Crippen molar-refractivity contribution in [1.29, 1.82) is 0 Å². The van der Waals surface area contributed by atoms with Crippen molar-refractivity contribution in [2.75, 3.05) is 6.61 Å². The first kappa shape index (κ1) is 10.2. The van der Waals surface area contributed by atoms with Crippen molar-refractivity contribution in [1.82, 2.24) is 0 Å². The molecule has 0 N–H and O–H groups in total. The Balaban J connectivity index is 1.76. The molecular formula is C12H16OSe. The Morgan fingerprint density at radius 1 is 1.21 bits per heavy atom. The summed E-state index contributed by atoms with van der Waals surface area (Å²) in [6.45, 7) is 0.982. The second-order valence-corrected chi connectivity index (χ2v) is 5.91. The Bertz CT molecular complexity index is 254. The van der Waals surface area contributed by atoms with Crippen LogP contribution in [0, 0.1) is 0 Å². The third kappa shape index (κ3) is 3.13. The average Bonchev–Trinajstić information content (AvgIpc) is 2.29. The molecule has 0 aromatic heterocycles. The summed E-state index contributed by atoms with van der Waals surface area (Å²) >= 11 is 0.600. The number of benzene rings is 1. The molecule has 1 aromatic carbocycles. The minimum atomic E-state index is 0.545. The molecule has 0 saturated carbocycles. The molecule has 1 nitrogen and oxygen atoms in total. The van der Waals surface area contributed by atoms with Crippen LogP contribution >= 0.6 is 0 Å². The summed E-state index contributed by atoms with van der Waals surface area (Å²) in [5, 5.41) is 1.25. The second kappa shape index (κ2) is 5.55. The van der Waals surface area contributed by atoms with Gasteiger partial charge in [0.15, 0.2) is 0 Å². The molecule has 0 amide bonds. The summed E-state index contributed by atoms with van der Waals surface area (Å²) < 4.78 is 7.21. The molecule has 76 valence electrons. The van der Waals surface area contributed by atoms with Crippen LogP contribution in [0.3, 0.4) is 0 Å². The van der Waals surface area contributed by atoms with Crippen LogP contribution in [0.2, 0.25) is 5.32 Å². The van der Waals surface area contributed by atoms with Crippen molar-refractivity contribution in [2.45, 2.75) is 30.7 Å². The van der Waals surface area contributed by atoms with E-state index in [2.05, 4.69) is 30.3 Å². The van der Waals surface area contributed by atoms with E-state index in [4.69, 9.17) is 4.74 Å². The molecule has 1 unspecified atom stereocenters. The van der Waals surface area contributed by atoms with Gasteiger partial charge in [-0.2, -0.15) is 0 Å². The Morgan fingerprint density at radius 2 is 2.07 bits per heavy atom. The van der Waals surface area contributed by atoms with Crippen molar-refractivity contribution in [2.24, 2.45) is 0 Å². The van der Waals surface area contributed by atoms with E-state index >= 15 is 0 Å². The van der Waals surface area contributed by atoms with Gasteiger partial charge in [-0.25, -0.2) is 0 Å². The van der Waals surface area contributed by atoms with E-state index in [0.29, 0.717) is 21.1 Å². The third-order valence-corrected chi connectivity index (χ3v) is 4.85. The zero-order chi connectivity index (χ0) is 9.64. The first-order valence-electron chi connectivity index (χ1n) is 5.24. The summed E-state index contributed by atoms with van der Waals surface area (Å²) in [5.74, 6) is 0. The first-order valence-corrected chi connectivity index (χ1v) is 7.31. The van der Waals surface area contributed by atoms with Gasteiger partial charge in [-0.1, -0.05) is 0 Å². The molecule has 2 heteroatoms. The van der Waals surface area contributed by atoms with Gasteiger partial charge in [-0.3, -0.25) is 0 Å². The molecule has 0 bridgehead atoms.